The fourth-order valence-electron chi connectivity index (χ4n) is 4.06. The minimum Gasteiger partial charge on any atom is -0.465 e. The van der Waals surface area contributed by atoms with E-state index in [-0.39, 0.29) is 34.5 Å². The number of rotatable bonds is 3. The maximum atomic E-state index is 11.9. The first kappa shape index (κ1) is 16.3. The van der Waals surface area contributed by atoms with Gasteiger partial charge in [0.25, 0.3) is 5.69 Å². The Balaban J connectivity index is 1.79. The molecule has 1 N–H and O–H groups in total. The van der Waals surface area contributed by atoms with Gasteiger partial charge in [0.05, 0.1) is 29.2 Å². The molecule has 1 aliphatic heterocycles. The first-order valence-corrected chi connectivity index (χ1v) is 8.49. The molecule has 0 aromatic heterocycles. The molecule has 0 spiro atoms. The molecule has 0 saturated carbocycles. The van der Waals surface area contributed by atoms with Crippen molar-refractivity contribution in [2.75, 3.05) is 12.4 Å². The van der Waals surface area contributed by atoms with Gasteiger partial charge in [-0.05, 0) is 36.1 Å². The lowest BCUT2D eigenvalue weighted by molar-refractivity contribution is -0.385. The third-order valence-electron chi connectivity index (χ3n) is 5.25. The molecule has 132 valence electrons. The van der Waals surface area contributed by atoms with Crippen LogP contribution in [-0.2, 0) is 4.74 Å². The fraction of sp³-hybridized carbons (Fsp3) is 0.250. The van der Waals surface area contributed by atoms with Crippen molar-refractivity contribution in [3.8, 4) is 0 Å². The molecule has 0 saturated heterocycles. The molecule has 2 aromatic rings. The maximum Gasteiger partial charge on any atom is 0.337 e. The molecule has 0 radical (unpaired) electrons. The van der Waals surface area contributed by atoms with Crippen LogP contribution in [0, 0.1) is 16.0 Å². The minimum absolute atomic E-state index is 0.112. The van der Waals surface area contributed by atoms with Gasteiger partial charge in [0, 0.05) is 17.7 Å². The summed E-state index contributed by atoms with van der Waals surface area (Å²) < 4.78 is 4.82. The Bertz CT molecular complexity index is 922. The molecule has 4 rings (SSSR count). The predicted octanol–water partition coefficient (Wildman–Crippen LogP) is 4.21. The summed E-state index contributed by atoms with van der Waals surface area (Å²) >= 11 is 0. The summed E-state index contributed by atoms with van der Waals surface area (Å²) in [4.78, 5) is 23.0. The lowest BCUT2D eigenvalue weighted by atomic mass is 9.76. The summed E-state index contributed by atoms with van der Waals surface area (Å²) in [5.74, 6) is -0.0932. The fourth-order valence-corrected chi connectivity index (χ4v) is 4.06. The number of nitro groups is 1. The number of anilines is 1. The van der Waals surface area contributed by atoms with Gasteiger partial charge in [-0.1, -0.05) is 30.4 Å². The number of nitrogens with zero attached hydrogens (tertiary/aromatic N) is 1. The third-order valence-corrected chi connectivity index (χ3v) is 5.25. The molecule has 2 aromatic carbocycles. The maximum absolute atomic E-state index is 11.9. The highest BCUT2D eigenvalue weighted by atomic mass is 16.6. The van der Waals surface area contributed by atoms with E-state index in [4.69, 9.17) is 4.74 Å². The molecule has 2 aliphatic rings. The van der Waals surface area contributed by atoms with Gasteiger partial charge >= 0.3 is 5.97 Å². The number of esters is 1. The lowest BCUT2D eigenvalue weighted by Crippen LogP contribution is -2.29. The summed E-state index contributed by atoms with van der Waals surface area (Å²) in [6, 6.07) is 12.1. The molecule has 0 bridgehead atoms. The Kier molecular flexibility index (Phi) is 3.95. The molecule has 1 heterocycles. The average Bonchev–Trinajstić information content (AvgIpc) is 3.16. The van der Waals surface area contributed by atoms with E-state index >= 15 is 0 Å². The third kappa shape index (κ3) is 2.54. The second-order valence-corrected chi connectivity index (χ2v) is 6.59. The van der Waals surface area contributed by atoms with Crippen LogP contribution in [-0.4, -0.2) is 18.0 Å². The number of methoxy groups -OCH3 is 1. The topological polar surface area (TPSA) is 81.5 Å². The number of hydrogen-bond donors (Lipinski definition) is 1. The van der Waals surface area contributed by atoms with Crippen molar-refractivity contribution in [2.45, 2.75) is 18.4 Å². The molecule has 26 heavy (non-hydrogen) atoms. The van der Waals surface area contributed by atoms with Crippen LogP contribution < -0.4 is 5.32 Å². The number of carbonyl (C=O) groups excluding carboxylic acids is 1. The van der Waals surface area contributed by atoms with E-state index < -0.39 is 0 Å². The van der Waals surface area contributed by atoms with E-state index in [2.05, 4.69) is 17.5 Å². The van der Waals surface area contributed by atoms with Crippen molar-refractivity contribution in [2.24, 2.45) is 5.92 Å². The van der Waals surface area contributed by atoms with Crippen LogP contribution >= 0.6 is 0 Å². The first-order chi connectivity index (χ1) is 12.6. The second-order valence-electron chi connectivity index (χ2n) is 6.59. The highest BCUT2D eigenvalue weighted by Crippen LogP contribution is 2.51. The molecule has 6 heteroatoms. The number of nitrogens with one attached hydrogen (secondary N) is 1. The molecule has 3 atom stereocenters. The van der Waals surface area contributed by atoms with E-state index in [1.54, 1.807) is 18.2 Å². The summed E-state index contributed by atoms with van der Waals surface area (Å²) in [6.45, 7) is 0. The van der Waals surface area contributed by atoms with Gasteiger partial charge in [0.1, 0.15) is 0 Å². The van der Waals surface area contributed by atoms with Gasteiger partial charge in [-0.2, -0.15) is 0 Å². The van der Waals surface area contributed by atoms with Crippen molar-refractivity contribution in [1.29, 1.82) is 0 Å². The largest absolute Gasteiger partial charge is 0.465 e. The summed E-state index contributed by atoms with van der Waals surface area (Å²) in [7, 11) is 1.36. The normalized spacial score (nSPS) is 22.9. The van der Waals surface area contributed by atoms with Crippen molar-refractivity contribution >= 4 is 17.3 Å². The minimum atomic E-state index is -0.368. The molecule has 3 unspecified atom stereocenters. The molecule has 6 nitrogen and oxygen atoms in total. The van der Waals surface area contributed by atoms with E-state index in [1.165, 1.54) is 7.11 Å². The first-order valence-electron chi connectivity index (χ1n) is 8.49. The Labute approximate surface area is 150 Å². The highest BCUT2D eigenvalue weighted by molar-refractivity contribution is 5.90. The number of hydrogen-bond acceptors (Lipinski definition) is 5. The summed E-state index contributed by atoms with van der Waals surface area (Å²) in [6.07, 6.45) is 5.07. The average molecular weight is 350 g/mol. The summed E-state index contributed by atoms with van der Waals surface area (Å²) in [5, 5.41) is 14.9. The van der Waals surface area contributed by atoms with Gasteiger partial charge in [-0.3, -0.25) is 10.1 Å². The smallest absolute Gasteiger partial charge is 0.337 e. The zero-order valence-corrected chi connectivity index (χ0v) is 14.2. The molecule has 1 aliphatic carbocycles. The van der Waals surface area contributed by atoms with Crippen molar-refractivity contribution in [3.63, 3.8) is 0 Å². The van der Waals surface area contributed by atoms with Crippen LogP contribution in [0.5, 0.6) is 0 Å². The van der Waals surface area contributed by atoms with Crippen LogP contribution in [0.2, 0.25) is 0 Å². The molecule has 0 fully saturated rings. The van der Waals surface area contributed by atoms with Crippen molar-refractivity contribution in [1.82, 2.24) is 0 Å². The van der Waals surface area contributed by atoms with Crippen LogP contribution in [0.1, 0.15) is 39.9 Å². The van der Waals surface area contributed by atoms with Crippen LogP contribution in [0.4, 0.5) is 11.4 Å². The van der Waals surface area contributed by atoms with E-state index in [0.29, 0.717) is 11.1 Å². The lowest BCUT2D eigenvalue weighted by Gasteiger charge is -2.37. The zero-order chi connectivity index (χ0) is 18.3. The number of para-hydroxylation sites is 1. The molecular formula is C20H18N2O4. The summed E-state index contributed by atoms with van der Waals surface area (Å²) in [5.41, 5.74) is 3.26. The molecule has 0 amide bonds. The number of carbonyl (C=O) groups is 1. The Morgan fingerprint density at radius 3 is 2.81 bits per heavy atom. The van der Waals surface area contributed by atoms with E-state index in [0.717, 1.165) is 17.7 Å². The van der Waals surface area contributed by atoms with Gasteiger partial charge in [-0.25, -0.2) is 4.79 Å². The van der Waals surface area contributed by atoms with Crippen LogP contribution in [0.25, 0.3) is 0 Å². The quantitative estimate of drug-likeness (QED) is 0.388. The monoisotopic (exact) mass is 350 g/mol. The number of allylic oxidation sites excluding steroid dienone is 2. The molecular weight excluding hydrogens is 332 g/mol. The number of ether oxygens (including phenoxy) is 1. The Morgan fingerprint density at radius 2 is 2.04 bits per heavy atom. The van der Waals surface area contributed by atoms with Crippen molar-refractivity contribution in [3.05, 3.63) is 81.4 Å². The standard InChI is InChI=1S/C20H18N2O4/c1-26-20(23)12-9-10-17-16(11-12)13-6-4-7-14(13)19(21-17)15-5-2-3-8-18(15)22(24)25/h2-6,8-11,13-14,19,21H,7H2,1H3. The van der Waals surface area contributed by atoms with Crippen LogP contribution in [0.15, 0.2) is 54.6 Å². The number of fused-ring (bicyclic) bond motifs is 3. The van der Waals surface area contributed by atoms with Gasteiger partial charge in [-0.15, -0.1) is 0 Å². The Hall–Kier alpha value is -3.15. The van der Waals surface area contributed by atoms with Gasteiger partial charge in [0.2, 0.25) is 0 Å². The van der Waals surface area contributed by atoms with Gasteiger partial charge < -0.3 is 10.1 Å². The Morgan fingerprint density at radius 1 is 1.23 bits per heavy atom. The van der Waals surface area contributed by atoms with E-state index in [9.17, 15) is 14.9 Å². The SMILES string of the molecule is COC(=O)c1ccc2c(c1)C1C=CCC1C(c1ccccc1[N+](=O)[O-])N2. The van der Waals surface area contributed by atoms with Gasteiger partial charge in [0.15, 0.2) is 0 Å². The number of benzene rings is 2. The highest BCUT2D eigenvalue weighted by Gasteiger charge is 2.40. The zero-order valence-electron chi connectivity index (χ0n) is 14.2. The number of nitro benzene ring substituents is 1. The van der Waals surface area contributed by atoms with Crippen LogP contribution in [0.3, 0.4) is 0 Å². The van der Waals surface area contributed by atoms with E-state index in [1.807, 2.05) is 24.3 Å². The van der Waals surface area contributed by atoms with Crippen molar-refractivity contribution < 1.29 is 14.5 Å². The predicted molar refractivity (Wildman–Crippen MR) is 97.2 cm³/mol. The second kappa shape index (κ2) is 6.29.